The highest BCUT2D eigenvalue weighted by atomic mass is 15.0. The van der Waals surface area contributed by atoms with Crippen LogP contribution in [0.5, 0.6) is 0 Å². The monoisotopic (exact) mass is 231 g/mol. The van der Waals surface area contributed by atoms with Gasteiger partial charge in [-0.2, -0.15) is 0 Å². The van der Waals surface area contributed by atoms with Crippen LogP contribution in [0.15, 0.2) is 30.6 Å². The second-order valence-corrected chi connectivity index (χ2v) is 5.11. The summed E-state index contributed by atoms with van der Waals surface area (Å²) in [5.41, 5.74) is 2.12. The van der Waals surface area contributed by atoms with Gasteiger partial charge in [-0.15, -0.1) is 0 Å². The highest BCUT2D eigenvalue weighted by Crippen LogP contribution is 2.07. The highest BCUT2D eigenvalue weighted by molar-refractivity contribution is 5.39. The maximum Gasteiger partial charge on any atom is 0.137 e. The summed E-state index contributed by atoms with van der Waals surface area (Å²) < 4.78 is 2.06. The molecule has 0 bridgehead atoms. The van der Waals surface area contributed by atoms with Gasteiger partial charge in [-0.3, -0.25) is 0 Å². The van der Waals surface area contributed by atoms with Gasteiger partial charge in [0.15, 0.2) is 0 Å². The summed E-state index contributed by atoms with van der Waals surface area (Å²) in [5, 5.41) is 3.52. The number of aromatic nitrogens is 2. The van der Waals surface area contributed by atoms with Gasteiger partial charge in [-0.25, -0.2) is 4.98 Å². The summed E-state index contributed by atoms with van der Waals surface area (Å²) in [4.78, 5) is 4.56. The maximum absolute atomic E-state index is 4.56. The Kier molecular flexibility index (Phi) is 3.79. The predicted molar refractivity (Wildman–Crippen MR) is 70.9 cm³/mol. The number of fused-ring (bicyclic) bond motifs is 1. The van der Waals surface area contributed by atoms with E-state index in [1.165, 1.54) is 6.42 Å². The van der Waals surface area contributed by atoms with Crippen LogP contribution in [0.4, 0.5) is 0 Å². The molecule has 0 spiro atoms. The lowest BCUT2D eigenvalue weighted by molar-refractivity contribution is 0.440. The summed E-state index contributed by atoms with van der Waals surface area (Å²) >= 11 is 0. The van der Waals surface area contributed by atoms with Gasteiger partial charge in [-0.1, -0.05) is 19.9 Å². The van der Waals surface area contributed by atoms with Crippen LogP contribution in [0, 0.1) is 5.92 Å². The number of imidazole rings is 1. The fourth-order valence-corrected chi connectivity index (χ4v) is 2.14. The number of hydrogen-bond donors (Lipinski definition) is 1. The van der Waals surface area contributed by atoms with Gasteiger partial charge in [0.2, 0.25) is 0 Å². The molecule has 0 saturated heterocycles. The van der Waals surface area contributed by atoms with Crippen LogP contribution in [0.2, 0.25) is 0 Å². The van der Waals surface area contributed by atoms with Crippen molar-refractivity contribution in [2.75, 3.05) is 0 Å². The van der Waals surface area contributed by atoms with Crippen molar-refractivity contribution >= 4 is 5.65 Å². The molecule has 0 amide bonds. The van der Waals surface area contributed by atoms with E-state index in [2.05, 4.69) is 41.7 Å². The molecular formula is C14H21N3. The Morgan fingerprint density at radius 2 is 2.12 bits per heavy atom. The molecule has 2 aromatic heterocycles. The van der Waals surface area contributed by atoms with Gasteiger partial charge >= 0.3 is 0 Å². The highest BCUT2D eigenvalue weighted by Gasteiger charge is 2.06. The lowest BCUT2D eigenvalue weighted by Gasteiger charge is -2.14. The molecule has 3 nitrogen and oxygen atoms in total. The van der Waals surface area contributed by atoms with Crippen LogP contribution < -0.4 is 5.32 Å². The minimum Gasteiger partial charge on any atom is -0.309 e. The van der Waals surface area contributed by atoms with Crippen LogP contribution in [0.25, 0.3) is 5.65 Å². The summed E-state index contributed by atoms with van der Waals surface area (Å²) in [5.74, 6) is 0.735. The van der Waals surface area contributed by atoms with E-state index in [0.717, 1.165) is 23.8 Å². The molecule has 0 aromatic carbocycles. The lowest BCUT2D eigenvalue weighted by atomic mass is 10.1. The van der Waals surface area contributed by atoms with Crippen molar-refractivity contribution in [3.8, 4) is 0 Å². The Hall–Kier alpha value is -1.35. The van der Waals surface area contributed by atoms with Crippen molar-refractivity contribution in [1.29, 1.82) is 0 Å². The number of nitrogens with one attached hydrogen (secondary N) is 1. The molecule has 0 aliphatic rings. The number of rotatable bonds is 5. The third-order valence-corrected chi connectivity index (χ3v) is 2.87. The molecule has 2 heterocycles. The zero-order valence-electron chi connectivity index (χ0n) is 10.9. The first-order valence-corrected chi connectivity index (χ1v) is 6.31. The molecule has 2 rings (SSSR count). The lowest BCUT2D eigenvalue weighted by Crippen LogP contribution is -2.26. The van der Waals surface area contributed by atoms with Gasteiger partial charge in [0.25, 0.3) is 0 Å². The van der Waals surface area contributed by atoms with Gasteiger partial charge in [0, 0.05) is 25.0 Å². The minimum atomic E-state index is 0.541. The maximum atomic E-state index is 4.56. The molecule has 0 radical (unpaired) electrons. The third-order valence-electron chi connectivity index (χ3n) is 2.87. The van der Waals surface area contributed by atoms with Gasteiger partial charge in [0.05, 0.1) is 5.69 Å². The smallest absolute Gasteiger partial charge is 0.137 e. The van der Waals surface area contributed by atoms with E-state index in [1.54, 1.807) is 0 Å². The van der Waals surface area contributed by atoms with Crippen LogP contribution >= 0.6 is 0 Å². The molecule has 0 saturated carbocycles. The molecule has 1 unspecified atom stereocenters. The minimum absolute atomic E-state index is 0.541. The average Bonchev–Trinajstić information content (AvgIpc) is 2.68. The zero-order valence-corrected chi connectivity index (χ0v) is 10.9. The van der Waals surface area contributed by atoms with Crippen LogP contribution in [0.3, 0.4) is 0 Å². The van der Waals surface area contributed by atoms with Crippen LogP contribution in [-0.2, 0) is 6.54 Å². The van der Waals surface area contributed by atoms with Crippen molar-refractivity contribution < 1.29 is 0 Å². The first-order chi connectivity index (χ1) is 8.15. The summed E-state index contributed by atoms with van der Waals surface area (Å²) in [6, 6.07) is 6.61. The fraction of sp³-hybridized carbons (Fsp3) is 0.500. The van der Waals surface area contributed by atoms with Crippen molar-refractivity contribution in [1.82, 2.24) is 14.7 Å². The van der Waals surface area contributed by atoms with E-state index >= 15 is 0 Å². The van der Waals surface area contributed by atoms with Crippen molar-refractivity contribution in [3.63, 3.8) is 0 Å². The van der Waals surface area contributed by atoms with E-state index in [1.807, 2.05) is 24.4 Å². The Bertz CT molecular complexity index is 440. The zero-order chi connectivity index (χ0) is 12.3. The normalized spacial score (nSPS) is 13.4. The van der Waals surface area contributed by atoms with E-state index < -0.39 is 0 Å². The average molecular weight is 231 g/mol. The molecule has 0 fully saturated rings. The molecule has 92 valence electrons. The number of nitrogens with zero attached hydrogens (tertiary/aromatic N) is 2. The molecule has 3 heteroatoms. The fourth-order valence-electron chi connectivity index (χ4n) is 2.14. The number of hydrogen-bond acceptors (Lipinski definition) is 2. The second-order valence-electron chi connectivity index (χ2n) is 5.11. The first kappa shape index (κ1) is 12.1. The third kappa shape index (κ3) is 3.30. The van der Waals surface area contributed by atoms with E-state index in [9.17, 15) is 0 Å². The Morgan fingerprint density at radius 1 is 1.29 bits per heavy atom. The predicted octanol–water partition coefficient (Wildman–Crippen LogP) is 2.86. The molecule has 2 aromatic rings. The van der Waals surface area contributed by atoms with Crippen LogP contribution in [0.1, 0.15) is 32.9 Å². The molecule has 0 aliphatic carbocycles. The molecule has 1 atom stereocenters. The Morgan fingerprint density at radius 3 is 2.82 bits per heavy atom. The molecule has 17 heavy (non-hydrogen) atoms. The largest absolute Gasteiger partial charge is 0.309 e. The standard InChI is InChI=1S/C14H21N3/c1-11(2)8-12(3)15-9-13-10-17-7-5-4-6-14(17)16-13/h4-7,10-12,15H,8-9H2,1-3H3. The molecule has 1 N–H and O–H groups in total. The van der Waals surface area contributed by atoms with E-state index in [4.69, 9.17) is 0 Å². The summed E-state index contributed by atoms with van der Waals surface area (Å²) in [7, 11) is 0. The topological polar surface area (TPSA) is 29.3 Å². The van der Waals surface area contributed by atoms with E-state index in [0.29, 0.717) is 6.04 Å². The van der Waals surface area contributed by atoms with Crippen LogP contribution in [-0.4, -0.2) is 15.4 Å². The van der Waals surface area contributed by atoms with Gasteiger partial charge in [0.1, 0.15) is 5.65 Å². The van der Waals surface area contributed by atoms with Crippen molar-refractivity contribution in [2.45, 2.75) is 39.8 Å². The summed E-state index contributed by atoms with van der Waals surface area (Å²) in [6.45, 7) is 7.58. The SMILES string of the molecule is CC(C)CC(C)NCc1cn2ccccc2n1. The van der Waals surface area contributed by atoms with Gasteiger partial charge < -0.3 is 9.72 Å². The quantitative estimate of drug-likeness (QED) is 0.857. The number of pyridine rings is 1. The molecular weight excluding hydrogens is 210 g/mol. The summed E-state index contributed by atoms with van der Waals surface area (Å²) in [6.07, 6.45) is 5.32. The first-order valence-electron chi connectivity index (χ1n) is 6.31. The van der Waals surface area contributed by atoms with Gasteiger partial charge in [-0.05, 0) is 31.4 Å². The van der Waals surface area contributed by atoms with Crippen molar-refractivity contribution in [3.05, 3.63) is 36.3 Å². The van der Waals surface area contributed by atoms with Crippen molar-refractivity contribution in [2.24, 2.45) is 5.92 Å². The molecule has 0 aliphatic heterocycles. The second kappa shape index (κ2) is 5.32. The Balaban J connectivity index is 1.95. The Labute approximate surface area is 103 Å². The van der Waals surface area contributed by atoms with E-state index in [-0.39, 0.29) is 0 Å².